The van der Waals surface area contributed by atoms with E-state index in [1.165, 1.54) is 6.42 Å². The number of alkyl halides is 1. The second-order valence-electron chi connectivity index (χ2n) is 4.31. The van der Waals surface area contributed by atoms with Gasteiger partial charge in [0.05, 0.1) is 5.88 Å². The van der Waals surface area contributed by atoms with Crippen molar-refractivity contribution in [3.8, 4) is 0 Å². The topological polar surface area (TPSA) is 34.0 Å². The van der Waals surface area contributed by atoms with Crippen LogP contribution in [0.15, 0.2) is 6.33 Å². The molecule has 5 heteroatoms. The monoisotopic (exact) mass is 258 g/mol. The zero-order valence-corrected chi connectivity index (χ0v) is 11.8. The molecule has 0 fully saturated rings. The second kappa shape index (κ2) is 7.67. The summed E-state index contributed by atoms with van der Waals surface area (Å²) in [5, 5.41) is 7.91. The third kappa shape index (κ3) is 4.28. The molecule has 0 aromatic carbocycles. The van der Waals surface area contributed by atoms with E-state index in [9.17, 15) is 0 Å². The fraction of sp³-hybridized carbons (Fsp3) is 0.833. The van der Waals surface area contributed by atoms with Crippen LogP contribution in [0.25, 0.3) is 0 Å². The van der Waals surface area contributed by atoms with Crippen LogP contribution < -0.4 is 0 Å². The van der Waals surface area contributed by atoms with Crippen LogP contribution in [0.2, 0.25) is 0 Å². The summed E-state index contributed by atoms with van der Waals surface area (Å²) in [6.07, 6.45) is 4.11. The minimum Gasteiger partial charge on any atom is -0.314 e. The maximum Gasteiger partial charge on any atom is 0.148 e. The van der Waals surface area contributed by atoms with Crippen molar-refractivity contribution in [3.63, 3.8) is 0 Å². The van der Waals surface area contributed by atoms with Crippen LogP contribution in [-0.4, -0.2) is 39.3 Å². The van der Waals surface area contributed by atoms with Gasteiger partial charge in [0.2, 0.25) is 0 Å². The van der Waals surface area contributed by atoms with E-state index in [1.54, 1.807) is 6.33 Å². The van der Waals surface area contributed by atoms with Crippen LogP contribution >= 0.6 is 11.6 Å². The molecule has 1 atom stereocenters. The first-order valence-corrected chi connectivity index (χ1v) is 6.93. The van der Waals surface area contributed by atoms with Gasteiger partial charge >= 0.3 is 0 Å². The highest BCUT2D eigenvalue weighted by molar-refractivity contribution is 6.16. The minimum atomic E-state index is 0.425. The lowest BCUT2D eigenvalue weighted by Crippen LogP contribution is -2.24. The SMILES string of the molecule is CCN(CC)CCCC(C)n1cnnc1CCl. The highest BCUT2D eigenvalue weighted by Gasteiger charge is 2.10. The molecule has 0 aliphatic heterocycles. The molecule has 0 N–H and O–H groups in total. The van der Waals surface area contributed by atoms with E-state index in [0.29, 0.717) is 11.9 Å². The van der Waals surface area contributed by atoms with Crippen molar-refractivity contribution >= 4 is 11.6 Å². The van der Waals surface area contributed by atoms with Crippen molar-refractivity contribution in [1.82, 2.24) is 19.7 Å². The van der Waals surface area contributed by atoms with Crippen molar-refractivity contribution in [2.75, 3.05) is 19.6 Å². The molecular formula is C12H23ClN4. The highest BCUT2D eigenvalue weighted by Crippen LogP contribution is 2.15. The summed E-state index contributed by atoms with van der Waals surface area (Å²) < 4.78 is 2.08. The first-order chi connectivity index (χ1) is 8.22. The highest BCUT2D eigenvalue weighted by atomic mass is 35.5. The van der Waals surface area contributed by atoms with Gasteiger partial charge in [0, 0.05) is 6.04 Å². The van der Waals surface area contributed by atoms with Crippen LogP contribution in [-0.2, 0) is 5.88 Å². The molecule has 0 bridgehead atoms. The van der Waals surface area contributed by atoms with E-state index < -0.39 is 0 Å². The Labute approximate surface area is 109 Å². The predicted molar refractivity (Wildman–Crippen MR) is 71.3 cm³/mol. The van der Waals surface area contributed by atoms with Crippen LogP contribution in [0.5, 0.6) is 0 Å². The smallest absolute Gasteiger partial charge is 0.148 e. The third-order valence-corrected chi connectivity index (χ3v) is 3.47. The summed E-state index contributed by atoms with van der Waals surface area (Å²) in [7, 11) is 0. The van der Waals surface area contributed by atoms with Crippen molar-refractivity contribution < 1.29 is 0 Å². The molecule has 4 nitrogen and oxygen atoms in total. The van der Waals surface area contributed by atoms with E-state index >= 15 is 0 Å². The summed E-state index contributed by atoms with van der Waals surface area (Å²) in [5.41, 5.74) is 0. The summed E-state index contributed by atoms with van der Waals surface area (Å²) in [6.45, 7) is 10.0. The summed E-state index contributed by atoms with van der Waals surface area (Å²) >= 11 is 5.82. The Morgan fingerprint density at radius 2 is 2.12 bits per heavy atom. The zero-order valence-electron chi connectivity index (χ0n) is 11.1. The fourth-order valence-corrected chi connectivity index (χ4v) is 2.21. The maximum atomic E-state index is 5.82. The quantitative estimate of drug-likeness (QED) is 0.673. The Kier molecular flexibility index (Phi) is 6.52. The molecule has 0 radical (unpaired) electrons. The Bertz CT molecular complexity index is 309. The molecule has 0 aliphatic rings. The molecule has 1 unspecified atom stereocenters. The van der Waals surface area contributed by atoms with Gasteiger partial charge in [-0.1, -0.05) is 13.8 Å². The molecule has 1 heterocycles. The molecule has 1 aromatic rings. The Morgan fingerprint density at radius 1 is 1.41 bits per heavy atom. The van der Waals surface area contributed by atoms with E-state index in [4.69, 9.17) is 11.6 Å². The largest absolute Gasteiger partial charge is 0.314 e. The maximum absolute atomic E-state index is 5.82. The molecule has 0 saturated heterocycles. The third-order valence-electron chi connectivity index (χ3n) is 3.23. The number of halogens is 1. The number of hydrogen-bond acceptors (Lipinski definition) is 3. The lowest BCUT2D eigenvalue weighted by atomic mass is 10.1. The molecule has 0 saturated carbocycles. The van der Waals surface area contributed by atoms with Gasteiger partial charge in [0.25, 0.3) is 0 Å². The van der Waals surface area contributed by atoms with Crippen molar-refractivity contribution in [2.45, 2.75) is 45.5 Å². The van der Waals surface area contributed by atoms with Crippen LogP contribution in [0.1, 0.15) is 45.5 Å². The molecule has 0 amide bonds. The van der Waals surface area contributed by atoms with Gasteiger partial charge in [0.1, 0.15) is 12.2 Å². The van der Waals surface area contributed by atoms with Gasteiger partial charge in [0.15, 0.2) is 0 Å². The lowest BCUT2D eigenvalue weighted by Gasteiger charge is -2.20. The number of rotatable bonds is 8. The predicted octanol–water partition coefficient (Wildman–Crippen LogP) is 2.70. The van der Waals surface area contributed by atoms with Crippen LogP contribution in [0, 0.1) is 0 Å². The van der Waals surface area contributed by atoms with E-state index in [-0.39, 0.29) is 0 Å². The van der Waals surface area contributed by atoms with Gasteiger partial charge in [-0.25, -0.2) is 0 Å². The number of hydrogen-bond donors (Lipinski definition) is 0. The Morgan fingerprint density at radius 3 is 2.71 bits per heavy atom. The van der Waals surface area contributed by atoms with Crippen LogP contribution in [0.3, 0.4) is 0 Å². The molecule has 0 aliphatic carbocycles. The first kappa shape index (κ1) is 14.5. The molecule has 1 aromatic heterocycles. The van der Waals surface area contributed by atoms with Crippen molar-refractivity contribution in [1.29, 1.82) is 0 Å². The summed E-state index contributed by atoms with van der Waals surface area (Å²) in [4.78, 5) is 2.45. The summed E-state index contributed by atoms with van der Waals surface area (Å²) in [6, 6.07) is 0.425. The molecular weight excluding hydrogens is 236 g/mol. The molecule has 1 rings (SSSR count). The second-order valence-corrected chi connectivity index (χ2v) is 4.57. The Hall–Kier alpha value is -0.610. The van der Waals surface area contributed by atoms with Gasteiger partial charge < -0.3 is 9.47 Å². The Balaban J connectivity index is 2.37. The first-order valence-electron chi connectivity index (χ1n) is 6.39. The molecule has 17 heavy (non-hydrogen) atoms. The van der Waals surface area contributed by atoms with Crippen molar-refractivity contribution in [2.24, 2.45) is 0 Å². The van der Waals surface area contributed by atoms with E-state index in [0.717, 1.165) is 31.9 Å². The van der Waals surface area contributed by atoms with Gasteiger partial charge in [-0.05, 0) is 39.4 Å². The minimum absolute atomic E-state index is 0.425. The summed E-state index contributed by atoms with van der Waals surface area (Å²) in [5.74, 6) is 1.29. The normalized spacial score (nSPS) is 13.2. The van der Waals surface area contributed by atoms with Gasteiger partial charge in [-0.3, -0.25) is 0 Å². The van der Waals surface area contributed by atoms with Gasteiger partial charge in [-0.15, -0.1) is 21.8 Å². The average molecular weight is 259 g/mol. The number of aromatic nitrogens is 3. The fourth-order valence-electron chi connectivity index (χ4n) is 2.02. The standard InChI is InChI=1S/C12H23ClN4/c1-4-16(5-2)8-6-7-11(3)17-10-14-15-12(17)9-13/h10-11H,4-9H2,1-3H3. The lowest BCUT2D eigenvalue weighted by molar-refractivity contribution is 0.287. The molecule has 98 valence electrons. The molecule has 0 spiro atoms. The zero-order chi connectivity index (χ0) is 12.7. The van der Waals surface area contributed by atoms with Crippen molar-refractivity contribution in [3.05, 3.63) is 12.2 Å². The van der Waals surface area contributed by atoms with E-state index in [2.05, 4.69) is 40.4 Å². The van der Waals surface area contributed by atoms with Crippen LogP contribution in [0.4, 0.5) is 0 Å². The number of nitrogens with zero attached hydrogens (tertiary/aromatic N) is 4. The van der Waals surface area contributed by atoms with E-state index in [1.807, 2.05) is 0 Å². The van der Waals surface area contributed by atoms with Gasteiger partial charge in [-0.2, -0.15) is 0 Å². The average Bonchev–Trinajstić information content (AvgIpc) is 2.82.